The van der Waals surface area contributed by atoms with Gasteiger partial charge in [0.1, 0.15) is 10.8 Å². The van der Waals surface area contributed by atoms with Gasteiger partial charge < -0.3 is 0 Å². The number of benzene rings is 1. The highest BCUT2D eigenvalue weighted by Crippen LogP contribution is 2.04. The van der Waals surface area contributed by atoms with E-state index in [9.17, 15) is 4.21 Å². The summed E-state index contributed by atoms with van der Waals surface area (Å²) in [6, 6.07) is 9.34. The largest absolute Gasteiger partial charge is 0.240 e. The summed E-state index contributed by atoms with van der Waals surface area (Å²) in [4.78, 5) is 0.788. The highest BCUT2D eigenvalue weighted by atomic mass is 32.2. The Morgan fingerprint density at radius 1 is 1.29 bits per heavy atom. The molecule has 0 aliphatic heterocycles. The molecule has 0 N–H and O–H groups in total. The second-order valence-corrected chi connectivity index (χ2v) is 4.18. The van der Waals surface area contributed by atoms with Crippen LogP contribution < -0.4 is 0 Å². The maximum absolute atomic E-state index is 11.5. The summed E-state index contributed by atoms with van der Waals surface area (Å²) in [5.74, 6) is 2.93. The van der Waals surface area contributed by atoms with E-state index in [1.165, 1.54) is 0 Å². The van der Waals surface area contributed by atoms with Crippen molar-refractivity contribution < 1.29 is 4.21 Å². The predicted molar refractivity (Wildman–Crippen MR) is 60.2 cm³/mol. The highest BCUT2D eigenvalue weighted by molar-refractivity contribution is 7.89. The van der Waals surface area contributed by atoms with Crippen LogP contribution in [0.15, 0.2) is 35.2 Å². The molecule has 0 saturated heterocycles. The van der Waals surface area contributed by atoms with Crippen molar-refractivity contribution in [2.24, 2.45) is 0 Å². The molecule has 1 rings (SSSR count). The standard InChI is InChI=1S/C12H14OS/c1-2-3-4-8-11-14(13)12-9-6-5-7-10-12/h5-7,9-10H,2-4H2,1H3. The molecule has 0 aliphatic carbocycles. The molecule has 1 atom stereocenters. The van der Waals surface area contributed by atoms with Crippen LogP contribution in [0.5, 0.6) is 0 Å². The Kier molecular flexibility index (Phi) is 5.03. The van der Waals surface area contributed by atoms with Crippen molar-refractivity contribution in [2.45, 2.75) is 31.1 Å². The van der Waals surface area contributed by atoms with Gasteiger partial charge in [-0.05, 0) is 18.6 Å². The minimum Gasteiger partial charge on any atom is -0.240 e. The predicted octanol–water partition coefficient (Wildman–Crippen LogP) is 2.95. The lowest BCUT2D eigenvalue weighted by atomic mass is 10.3. The van der Waals surface area contributed by atoms with Gasteiger partial charge in [0.15, 0.2) is 0 Å². The van der Waals surface area contributed by atoms with E-state index in [0.717, 1.165) is 24.2 Å². The number of rotatable bonds is 3. The number of hydrogen-bond donors (Lipinski definition) is 0. The first-order valence-electron chi connectivity index (χ1n) is 4.80. The second-order valence-electron chi connectivity index (χ2n) is 2.96. The van der Waals surface area contributed by atoms with E-state index in [0.29, 0.717) is 0 Å². The van der Waals surface area contributed by atoms with Crippen molar-refractivity contribution in [3.05, 3.63) is 30.3 Å². The van der Waals surface area contributed by atoms with E-state index in [2.05, 4.69) is 18.1 Å². The Labute approximate surface area is 88.0 Å². The second kappa shape index (κ2) is 6.39. The molecule has 0 fully saturated rings. The van der Waals surface area contributed by atoms with E-state index in [4.69, 9.17) is 0 Å². The summed E-state index contributed by atoms with van der Waals surface area (Å²) < 4.78 is 11.5. The van der Waals surface area contributed by atoms with Gasteiger partial charge >= 0.3 is 0 Å². The number of hydrogen-bond acceptors (Lipinski definition) is 1. The van der Waals surface area contributed by atoms with E-state index < -0.39 is 10.8 Å². The van der Waals surface area contributed by atoms with Gasteiger partial charge in [0.05, 0.1) is 4.90 Å². The van der Waals surface area contributed by atoms with Crippen LogP contribution in [0.3, 0.4) is 0 Å². The Morgan fingerprint density at radius 2 is 2.00 bits per heavy atom. The molecule has 0 bridgehead atoms. The number of unbranched alkanes of at least 4 members (excludes halogenated alkanes) is 2. The maximum Gasteiger partial charge on any atom is 0.130 e. The van der Waals surface area contributed by atoms with Crippen molar-refractivity contribution in [3.63, 3.8) is 0 Å². The fourth-order valence-corrected chi connectivity index (χ4v) is 1.74. The molecule has 1 aromatic carbocycles. The van der Waals surface area contributed by atoms with Crippen LogP contribution in [-0.4, -0.2) is 4.21 Å². The Hall–Kier alpha value is -1.07. The Morgan fingerprint density at radius 3 is 2.64 bits per heavy atom. The summed E-state index contributed by atoms with van der Waals surface area (Å²) in [7, 11) is -1.15. The molecule has 0 radical (unpaired) electrons. The normalized spacial score (nSPS) is 11.5. The third-order valence-corrected chi connectivity index (χ3v) is 2.81. The van der Waals surface area contributed by atoms with Gasteiger partial charge in [0, 0.05) is 11.7 Å². The molecule has 2 heteroatoms. The lowest BCUT2D eigenvalue weighted by Gasteiger charge is -1.91. The van der Waals surface area contributed by atoms with Gasteiger partial charge in [0.2, 0.25) is 0 Å². The lowest BCUT2D eigenvalue weighted by Crippen LogP contribution is -1.85. The highest BCUT2D eigenvalue weighted by Gasteiger charge is 1.96. The molecule has 1 aromatic rings. The topological polar surface area (TPSA) is 17.1 Å². The first kappa shape index (κ1) is 11.0. The molecule has 1 unspecified atom stereocenters. The monoisotopic (exact) mass is 206 g/mol. The molecule has 0 aromatic heterocycles. The Bertz CT molecular complexity index is 346. The quantitative estimate of drug-likeness (QED) is 0.549. The van der Waals surface area contributed by atoms with Crippen molar-refractivity contribution in [2.75, 3.05) is 0 Å². The fraction of sp³-hybridized carbons (Fsp3) is 0.333. The molecule has 0 aliphatic rings. The third-order valence-electron chi connectivity index (χ3n) is 1.78. The van der Waals surface area contributed by atoms with Gasteiger partial charge in [-0.2, -0.15) is 0 Å². The zero-order valence-electron chi connectivity index (χ0n) is 8.32. The van der Waals surface area contributed by atoms with Gasteiger partial charge in [-0.3, -0.25) is 0 Å². The minimum absolute atomic E-state index is 0.788. The summed E-state index contributed by atoms with van der Waals surface area (Å²) in [6.07, 6.45) is 3.06. The van der Waals surface area contributed by atoms with Crippen molar-refractivity contribution in [1.29, 1.82) is 0 Å². The fourth-order valence-electron chi connectivity index (χ4n) is 0.985. The molecule has 74 valence electrons. The summed E-state index contributed by atoms with van der Waals surface area (Å²) in [6.45, 7) is 2.12. The van der Waals surface area contributed by atoms with Gasteiger partial charge in [0.25, 0.3) is 0 Å². The molecule has 0 saturated carbocycles. The van der Waals surface area contributed by atoms with Crippen LogP contribution in [0.4, 0.5) is 0 Å². The van der Waals surface area contributed by atoms with Crippen LogP contribution in [0.1, 0.15) is 26.2 Å². The SMILES string of the molecule is CCCCC#CS(=O)c1ccccc1. The summed E-state index contributed by atoms with van der Waals surface area (Å²) >= 11 is 0. The van der Waals surface area contributed by atoms with Crippen LogP contribution >= 0.6 is 0 Å². The van der Waals surface area contributed by atoms with E-state index >= 15 is 0 Å². The molecule has 0 amide bonds. The molecular formula is C12H14OS. The summed E-state index contributed by atoms with van der Waals surface area (Å²) in [5.41, 5.74) is 0. The molecule has 14 heavy (non-hydrogen) atoms. The smallest absolute Gasteiger partial charge is 0.130 e. The maximum atomic E-state index is 11.5. The van der Waals surface area contributed by atoms with Crippen LogP contribution in [0.25, 0.3) is 0 Å². The van der Waals surface area contributed by atoms with Gasteiger partial charge in [-0.1, -0.05) is 37.5 Å². The minimum atomic E-state index is -1.15. The average molecular weight is 206 g/mol. The Balaban J connectivity index is 2.53. The summed E-state index contributed by atoms with van der Waals surface area (Å²) in [5, 5.41) is 2.76. The molecule has 0 heterocycles. The van der Waals surface area contributed by atoms with Crippen molar-refractivity contribution in [1.82, 2.24) is 0 Å². The first-order chi connectivity index (χ1) is 6.84. The zero-order valence-corrected chi connectivity index (χ0v) is 9.14. The van der Waals surface area contributed by atoms with Crippen molar-refractivity contribution in [3.8, 4) is 11.2 Å². The van der Waals surface area contributed by atoms with Crippen LogP contribution in [0, 0.1) is 11.2 Å². The first-order valence-corrected chi connectivity index (χ1v) is 5.95. The third kappa shape index (κ3) is 3.76. The van der Waals surface area contributed by atoms with E-state index in [1.807, 2.05) is 30.3 Å². The lowest BCUT2D eigenvalue weighted by molar-refractivity contribution is 0.689. The molecule has 1 nitrogen and oxygen atoms in total. The van der Waals surface area contributed by atoms with Crippen molar-refractivity contribution >= 4 is 10.8 Å². The van der Waals surface area contributed by atoms with Crippen LogP contribution in [-0.2, 0) is 10.8 Å². The molecule has 0 spiro atoms. The van der Waals surface area contributed by atoms with Crippen LogP contribution in [0.2, 0.25) is 0 Å². The van der Waals surface area contributed by atoms with E-state index in [1.54, 1.807) is 0 Å². The molecular weight excluding hydrogens is 192 g/mol. The van der Waals surface area contributed by atoms with Gasteiger partial charge in [-0.15, -0.1) is 0 Å². The van der Waals surface area contributed by atoms with Gasteiger partial charge in [-0.25, -0.2) is 4.21 Å². The van der Waals surface area contributed by atoms with E-state index in [-0.39, 0.29) is 0 Å². The average Bonchev–Trinajstić information content (AvgIpc) is 2.25. The zero-order chi connectivity index (χ0) is 10.2.